The van der Waals surface area contributed by atoms with E-state index in [1.54, 1.807) is 0 Å². The van der Waals surface area contributed by atoms with Crippen LogP contribution in [0.2, 0.25) is 0 Å². The van der Waals surface area contributed by atoms with Crippen molar-refractivity contribution in [3.05, 3.63) is 75.9 Å². The quantitative estimate of drug-likeness (QED) is 0.576. The summed E-state index contributed by atoms with van der Waals surface area (Å²) in [5, 5.41) is 0. The van der Waals surface area contributed by atoms with Crippen molar-refractivity contribution in [2.75, 3.05) is 0 Å². The van der Waals surface area contributed by atoms with E-state index in [4.69, 9.17) is 0 Å². The van der Waals surface area contributed by atoms with Crippen LogP contribution in [-0.4, -0.2) is 0 Å². The van der Waals surface area contributed by atoms with Gasteiger partial charge >= 0.3 is 0 Å². The fraction of sp³-hybridized carbons (Fsp3) is 0.440. The van der Waals surface area contributed by atoms with Crippen LogP contribution < -0.4 is 0 Å². The van der Waals surface area contributed by atoms with Crippen LogP contribution in [0.5, 0.6) is 0 Å². The van der Waals surface area contributed by atoms with Gasteiger partial charge in [0.05, 0.1) is 0 Å². The number of aryl methyl sites for hydroxylation is 4. The Labute approximate surface area is 154 Å². The Kier molecular flexibility index (Phi) is 5.47. The Morgan fingerprint density at radius 2 is 1.68 bits per heavy atom. The lowest BCUT2D eigenvalue weighted by Crippen LogP contribution is -2.12. The zero-order valence-corrected chi connectivity index (χ0v) is 16.4. The van der Waals surface area contributed by atoms with Gasteiger partial charge in [-0.2, -0.15) is 0 Å². The number of hydrogen-bond donors (Lipinski definition) is 0. The largest absolute Gasteiger partial charge is 0.0795 e. The number of hydrogen-bond acceptors (Lipinski definition) is 0. The van der Waals surface area contributed by atoms with E-state index in [2.05, 4.69) is 76.2 Å². The van der Waals surface area contributed by atoms with E-state index in [9.17, 15) is 0 Å². The molecule has 0 nitrogen and oxygen atoms in total. The first-order valence-corrected chi connectivity index (χ1v) is 9.77. The summed E-state index contributed by atoms with van der Waals surface area (Å²) in [7, 11) is 0. The smallest absolute Gasteiger partial charge is 0.00939 e. The van der Waals surface area contributed by atoms with Gasteiger partial charge in [-0.1, -0.05) is 73.5 Å². The molecule has 3 rings (SSSR count). The van der Waals surface area contributed by atoms with E-state index in [-0.39, 0.29) is 0 Å². The summed E-state index contributed by atoms with van der Waals surface area (Å²) in [6.07, 6.45) is 12.0. The molecule has 132 valence electrons. The Balaban J connectivity index is 1.77. The molecule has 0 saturated carbocycles. The molecule has 25 heavy (non-hydrogen) atoms. The first-order chi connectivity index (χ1) is 11.9. The van der Waals surface area contributed by atoms with Crippen LogP contribution in [0, 0.1) is 19.3 Å². The molecular formula is C25H32. The van der Waals surface area contributed by atoms with Gasteiger partial charge < -0.3 is 0 Å². The molecule has 2 aromatic carbocycles. The SMILES string of the molecule is Cc1cc(C)cc(C/C=C\c2ccc3cc2CCC(C)(C)CCC3)c1. The van der Waals surface area contributed by atoms with Gasteiger partial charge in [-0.05, 0) is 80.0 Å². The molecule has 0 radical (unpaired) electrons. The molecule has 0 aromatic heterocycles. The van der Waals surface area contributed by atoms with Gasteiger partial charge in [0.15, 0.2) is 0 Å². The lowest BCUT2D eigenvalue weighted by Gasteiger charge is -2.23. The molecule has 2 bridgehead atoms. The molecule has 0 atom stereocenters. The maximum absolute atomic E-state index is 2.46. The molecule has 0 saturated heterocycles. The molecule has 0 spiro atoms. The molecule has 0 N–H and O–H groups in total. The Morgan fingerprint density at radius 1 is 0.920 bits per heavy atom. The standard InChI is InChI=1S/C25H32/c1-19-15-20(2)17-22(16-19)7-5-9-23-11-10-21-8-6-13-25(3,4)14-12-24(23)18-21/h5,9-11,15-18H,6-8,12-14H2,1-4H3/b9-5-. The molecule has 0 heterocycles. The Morgan fingerprint density at radius 3 is 2.44 bits per heavy atom. The summed E-state index contributed by atoms with van der Waals surface area (Å²) in [4.78, 5) is 0. The monoisotopic (exact) mass is 332 g/mol. The fourth-order valence-electron chi connectivity index (χ4n) is 4.07. The van der Waals surface area contributed by atoms with Crippen molar-refractivity contribution >= 4 is 6.08 Å². The van der Waals surface area contributed by atoms with Crippen molar-refractivity contribution < 1.29 is 0 Å². The summed E-state index contributed by atoms with van der Waals surface area (Å²) in [6, 6.07) is 14.0. The topological polar surface area (TPSA) is 0 Å². The van der Waals surface area contributed by atoms with Crippen molar-refractivity contribution in [1.82, 2.24) is 0 Å². The van der Waals surface area contributed by atoms with Gasteiger partial charge in [0.2, 0.25) is 0 Å². The average molecular weight is 333 g/mol. The zero-order chi connectivity index (χ0) is 17.9. The second-order valence-corrected chi connectivity index (χ2v) is 8.65. The summed E-state index contributed by atoms with van der Waals surface area (Å²) in [5.41, 5.74) is 9.04. The van der Waals surface area contributed by atoms with Crippen LogP contribution in [0.25, 0.3) is 6.08 Å². The molecule has 0 amide bonds. The number of rotatable bonds is 3. The highest BCUT2D eigenvalue weighted by atomic mass is 14.2. The van der Waals surface area contributed by atoms with Crippen molar-refractivity contribution in [3.8, 4) is 0 Å². The molecular weight excluding hydrogens is 300 g/mol. The highest BCUT2D eigenvalue weighted by molar-refractivity contribution is 5.55. The van der Waals surface area contributed by atoms with E-state index < -0.39 is 0 Å². The van der Waals surface area contributed by atoms with E-state index >= 15 is 0 Å². The fourth-order valence-corrected chi connectivity index (χ4v) is 4.07. The second kappa shape index (κ2) is 7.60. The van der Waals surface area contributed by atoms with Gasteiger partial charge in [-0.3, -0.25) is 0 Å². The summed E-state index contributed by atoms with van der Waals surface area (Å²) in [5.74, 6) is 0. The maximum atomic E-state index is 2.46. The molecule has 0 unspecified atom stereocenters. The van der Waals surface area contributed by atoms with E-state index in [1.165, 1.54) is 65.5 Å². The maximum Gasteiger partial charge on any atom is -0.00939 e. The summed E-state index contributed by atoms with van der Waals surface area (Å²) < 4.78 is 0. The van der Waals surface area contributed by atoms with Crippen molar-refractivity contribution in [1.29, 1.82) is 0 Å². The number of benzene rings is 2. The van der Waals surface area contributed by atoms with E-state index in [0.29, 0.717) is 5.41 Å². The Bertz CT molecular complexity index is 741. The highest BCUT2D eigenvalue weighted by Crippen LogP contribution is 2.32. The van der Waals surface area contributed by atoms with Crippen LogP contribution in [0.4, 0.5) is 0 Å². The molecule has 1 aliphatic carbocycles. The minimum atomic E-state index is 0.465. The van der Waals surface area contributed by atoms with Gasteiger partial charge in [-0.15, -0.1) is 0 Å². The lowest BCUT2D eigenvalue weighted by atomic mass is 9.82. The first kappa shape index (κ1) is 18.0. The normalized spacial score (nSPS) is 17.1. The predicted octanol–water partition coefficient (Wildman–Crippen LogP) is 6.85. The molecule has 0 aliphatic heterocycles. The van der Waals surface area contributed by atoms with Crippen LogP contribution >= 0.6 is 0 Å². The molecule has 2 aromatic rings. The first-order valence-electron chi connectivity index (χ1n) is 9.77. The predicted molar refractivity (Wildman–Crippen MR) is 110 cm³/mol. The highest BCUT2D eigenvalue weighted by Gasteiger charge is 2.19. The third-order valence-corrected chi connectivity index (χ3v) is 5.53. The summed E-state index contributed by atoms with van der Waals surface area (Å²) >= 11 is 0. The summed E-state index contributed by atoms with van der Waals surface area (Å²) in [6.45, 7) is 9.22. The number of fused-ring (bicyclic) bond motifs is 2. The van der Waals surface area contributed by atoms with Gasteiger partial charge in [-0.25, -0.2) is 0 Å². The molecule has 0 fully saturated rings. The lowest BCUT2D eigenvalue weighted by molar-refractivity contribution is 0.301. The third-order valence-electron chi connectivity index (χ3n) is 5.53. The molecule has 1 aliphatic rings. The van der Waals surface area contributed by atoms with Crippen molar-refractivity contribution in [2.45, 2.75) is 66.2 Å². The second-order valence-electron chi connectivity index (χ2n) is 8.65. The minimum absolute atomic E-state index is 0.465. The zero-order valence-electron chi connectivity index (χ0n) is 16.4. The van der Waals surface area contributed by atoms with Crippen molar-refractivity contribution in [3.63, 3.8) is 0 Å². The van der Waals surface area contributed by atoms with Crippen LogP contribution in [0.1, 0.15) is 66.5 Å². The van der Waals surface area contributed by atoms with Crippen molar-refractivity contribution in [2.24, 2.45) is 5.41 Å². The van der Waals surface area contributed by atoms with E-state index in [0.717, 1.165) is 6.42 Å². The minimum Gasteiger partial charge on any atom is -0.0795 e. The van der Waals surface area contributed by atoms with Gasteiger partial charge in [0.25, 0.3) is 0 Å². The number of allylic oxidation sites excluding steroid dienone is 1. The molecule has 0 heteroatoms. The third kappa shape index (κ3) is 5.08. The van der Waals surface area contributed by atoms with Gasteiger partial charge in [0, 0.05) is 0 Å². The van der Waals surface area contributed by atoms with Gasteiger partial charge in [0.1, 0.15) is 0 Å². The van der Waals surface area contributed by atoms with E-state index in [1.807, 2.05) is 0 Å². The van der Waals surface area contributed by atoms with Crippen LogP contribution in [0.3, 0.4) is 0 Å². The van der Waals surface area contributed by atoms with Crippen LogP contribution in [0.15, 0.2) is 42.5 Å². The Hall–Kier alpha value is -1.82. The van der Waals surface area contributed by atoms with Crippen LogP contribution in [-0.2, 0) is 19.3 Å². The average Bonchev–Trinajstić information content (AvgIpc) is 2.58.